The quantitative estimate of drug-likeness (QED) is 0.760. The SMILES string of the molecule is CNC(c1ccc(C)c(F)c1)c1ccc(Br)c(Cl)c1F. The summed E-state index contributed by atoms with van der Waals surface area (Å²) < 4.78 is 28.4. The number of hydrogen-bond donors (Lipinski definition) is 1. The highest BCUT2D eigenvalue weighted by atomic mass is 79.9. The minimum absolute atomic E-state index is 0.0235. The molecule has 106 valence electrons. The molecule has 0 fully saturated rings. The van der Waals surface area contributed by atoms with E-state index in [1.807, 2.05) is 0 Å². The number of benzene rings is 2. The van der Waals surface area contributed by atoms with Crippen LogP contribution in [0.1, 0.15) is 22.7 Å². The van der Waals surface area contributed by atoms with Crippen molar-refractivity contribution in [3.63, 3.8) is 0 Å². The molecular weight excluding hydrogens is 348 g/mol. The number of hydrogen-bond acceptors (Lipinski definition) is 1. The fourth-order valence-corrected chi connectivity index (χ4v) is 2.53. The van der Waals surface area contributed by atoms with Crippen molar-refractivity contribution in [2.24, 2.45) is 0 Å². The summed E-state index contributed by atoms with van der Waals surface area (Å²) in [6.45, 7) is 1.69. The van der Waals surface area contributed by atoms with E-state index in [4.69, 9.17) is 11.6 Å². The lowest BCUT2D eigenvalue weighted by atomic mass is 9.97. The molecule has 1 nitrogen and oxygen atoms in total. The van der Waals surface area contributed by atoms with Gasteiger partial charge in [0.1, 0.15) is 11.6 Å². The van der Waals surface area contributed by atoms with Crippen molar-refractivity contribution < 1.29 is 8.78 Å². The summed E-state index contributed by atoms with van der Waals surface area (Å²) in [6, 6.07) is 7.70. The minimum Gasteiger partial charge on any atom is -0.309 e. The van der Waals surface area contributed by atoms with Gasteiger partial charge >= 0.3 is 0 Å². The Hall–Kier alpha value is -0.970. The Morgan fingerprint density at radius 2 is 1.90 bits per heavy atom. The maximum absolute atomic E-state index is 14.3. The average Bonchev–Trinajstić information content (AvgIpc) is 2.43. The van der Waals surface area contributed by atoms with Crippen molar-refractivity contribution in [2.75, 3.05) is 7.05 Å². The first kappa shape index (κ1) is 15.4. The van der Waals surface area contributed by atoms with Crippen LogP contribution in [0.15, 0.2) is 34.8 Å². The molecule has 0 radical (unpaired) electrons. The monoisotopic (exact) mass is 359 g/mol. The molecule has 0 heterocycles. The third kappa shape index (κ3) is 2.87. The van der Waals surface area contributed by atoms with Gasteiger partial charge in [-0.25, -0.2) is 8.78 Å². The predicted octanol–water partition coefficient (Wildman–Crippen LogP) is 5.00. The molecule has 0 spiro atoms. The van der Waals surface area contributed by atoms with Gasteiger partial charge in [0.2, 0.25) is 0 Å². The summed E-state index contributed by atoms with van der Waals surface area (Å²) >= 11 is 9.08. The third-order valence-electron chi connectivity index (χ3n) is 3.19. The van der Waals surface area contributed by atoms with Crippen LogP contribution in [-0.4, -0.2) is 7.05 Å². The van der Waals surface area contributed by atoms with Gasteiger partial charge in [0.25, 0.3) is 0 Å². The first-order chi connectivity index (χ1) is 9.45. The van der Waals surface area contributed by atoms with Crippen molar-refractivity contribution in [1.82, 2.24) is 5.32 Å². The lowest BCUT2D eigenvalue weighted by Crippen LogP contribution is -2.19. The normalized spacial score (nSPS) is 12.5. The molecule has 0 aromatic heterocycles. The van der Waals surface area contributed by atoms with E-state index < -0.39 is 11.9 Å². The van der Waals surface area contributed by atoms with Crippen LogP contribution in [0.5, 0.6) is 0 Å². The van der Waals surface area contributed by atoms with E-state index in [2.05, 4.69) is 21.2 Å². The van der Waals surface area contributed by atoms with Crippen LogP contribution in [0, 0.1) is 18.6 Å². The smallest absolute Gasteiger partial charge is 0.148 e. The van der Waals surface area contributed by atoms with E-state index in [1.165, 1.54) is 6.07 Å². The largest absolute Gasteiger partial charge is 0.309 e. The van der Waals surface area contributed by atoms with E-state index >= 15 is 0 Å². The summed E-state index contributed by atoms with van der Waals surface area (Å²) in [6.07, 6.45) is 0. The van der Waals surface area contributed by atoms with E-state index in [1.54, 1.807) is 38.2 Å². The first-order valence-corrected chi connectivity index (χ1v) is 7.19. The van der Waals surface area contributed by atoms with Crippen LogP contribution >= 0.6 is 27.5 Å². The van der Waals surface area contributed by atoms with Crippen LogP contribution in [0.2, 0.25) is 5.02 Å². The van der Waals surface area contributed by atoms with Crippen LogP contribution in [0.4, 0.5) is 8.78 Å². The van der Waals surface area contributed by atoms with Crippen LogP contribution in [0.25, 0.3) is 0 Å². The van der Waals surface area contributed by atoms with Crippen molar-refractivity contribution in [2.45, 2.75) is 13.0 Å². The fraction of sp³-hybridized carbons (Fsp3) is 0.200. The maximum atomic E-state index is 14.3. The fourth-order valence-electron chi connectivity index (χ4n) is 2.05. The van der Waals surface area contributed by atoms with Gasteiger partial charge in [-0.2, -0.15) is 0 Å². The van der Waals surface area contributed by atoms with Gasteiger partial charge in [-0.3, -0.25) is 0 Å². The van der Waals surface area contributed by atoms with Gasteiger partial charge in [-0.1, -0.05) is 29.8 Å². The second kappa shape index (κ2) is 6.20. The Morgan fingerprint density at radius 3 is 2.50 bits per heavy atom. The van der Waals surface area contributed by atoms with Crippen molar-refractivity contribution in [3.8, 4) is 0 Å². The van der Waals surface area contributed by atoms with E-state index in [0.29, 0.717) is 21.2 Å². The molecular formula is C15H13BrClF2N. The second-order valence-corrected chi connectivity index (χ2v) is 5.73. The van der Waals surface area contributed by atoms with E-state index in [9.17, 15) is 8.78 Å². The van der Waals surface area contributed by atoms with Crippen LogP contribution in [0.3, 0.4) is 0 Å². The Morgan fingerprint density at radius 1 is 1.20 bits per heavy atom. The highest BCUT2D eigenvalue weighted by molar-refractivity contribution is 9.10. The minimum atomic E-state index is -0.513. The molecule has 1 unspecified atom stereocenters. The Labute approximate surface area is 130 Å². The number of rotatable bonds is 3. The Kier molecular flexibility index (Phi) is 4.78. The zero-order chi connectivity index (χ0) is 14.9. The van der Waals surface area contributed by atoms with Crippen molar-refractivity contribution in [1.29, 1.82) is 0 Å². The maximum Gasteiger partial charge on any atom is 0.148 e. The van der Waals surface area contributed by atoms with Crippen molar-refractivity contribution in [3.05, 3.63) is 68.2 Å². The van der Waals surface area contributed by atoms with Crippen LogP contribution in [-0.2, 0) is 0 Å². The molecule has 1 atom stereocenters. The van der Waals surface area contributed by atoms with E-state index in [0.717, 1.165) is 0 Å². The topological polar surface area (TPSA) is 12.0 Å². The molecule has 0 aliphatic heterocycles. The van der Waals surface area contributed by atoms with E-state index in [-0.39, 0.29) is 10.8 Å². The Bertz CT molecular complexity index is 646. The summed E-state index contributed by atoms with van der Waals surface area (Å²) in [4.78, 5) is 0. The molecule has 2 rings (SSSR count). The summed E-state index contributed by atoms with van der Waals surface area (Å²) in [5, 5.41) is 3.01. The molecule has 0 aliphatic carbocycles. The molecule has 0 bridgehead atoms. The lowest BCUT2D eigenvalue weighted by Gasteiger charge is -2.19. The summed E-state index contributed by atoms with van der Waals surface area (Å²) in [5.41, 5.74) is 1.58. The number of aryl methyl sites for hydroxylation is 1. The molecule has 0 saturated heterocycles. The second-order valence-electron chi connectivity index (χ2n) is 4.49. The molecule has 0 amide bonds. The number of halogens is 4. The first-order valence-electron chi connectivity index (χ1n) is 6.02. The summed E-state index contributed by atoms with van der Waals surface area (Å²) in [5.74, 6) is -0.826. The van der Waals surface area contributed by atoms with Gasteiger partial charge in [-0.05, 0) is 53.2 Å². The van der Waals surface area contributed by atoms with Gasteiger partial charge in [-0.15, -0.1) is 0 Å². The predicted molar refractivity (Wildman–Crippen MR) is 81.1 cm³/mol. The average molecular weight is 361 g/mol. The van der Waals surface area contributed by atoms with Gasteiger partial charge < -0.3 is 5.32 Å². The zero-order valence-corrected chi connectivity index (χ0v) is 13.3. The standard InChI is InChI=1S/C15H13BrClF2N/c1-8-3-4-9(7-12(8)18)15(20-2)10-5-6-11(16)13(17)14(10)19/h3-7,15,20H,1-2H3. The molecule has 2 aromatic rings. The van der Waals surface area contributed by atoms with Gasteiger partial charge in [0.05, 0.1) is 11.1 Å². The lowest BCUT2D eigenvalue weighted by molar-refractivity contribution is 0.570. The highest BCUT2D eigenvalue weighted by Gasteiger charge is 2.20. The number of nitrogens with one attached hydrogen (secondary N) is 1. The van der Waals surface area contributed by atoms with Gasteiger partial charge in [0, 0.05) is 10.0 Å². The molecule has 0 aliphatic rings. The van der Waals surface area contributed by atoms with Gasteiger partial charge in [0.15, 0.2) is 0 Å². The zero-order valence-electron chi connectivity index (χ0n) is 11.0. The third-order valence-corrected chi connectivity index (χ3v) is 4.45. The summed E-state index contributed by atoms with van der Waals surface area (Å²) in [7, 11) is 1.69. The van der Waals surface area contributed by atoms with Crippen molar-refractivity contribution >= 4 is 27.5 Å². The Balaban J connectivity index is 2.52. The molecule has 0 saturated carbocycles. The molecule has 5 heteroatoms. The highest BCUT2D eigenvalue weighted by Crippen LogP contribution is 2.33. The molecule has 1 N–H and O–H groups in total. The molecule has 20 heavy (non-hydrogen) atoms. The van der Waals surface area contributed by atoms with Crippen LogP contribution < -0.4 is 5.32 Å². The molecule has 2 aromatic carbocycles.